The van der Waals surface area contributed by atoms with Crippen molar-refractivity contribution >= 4 is 35.8 Å². The van der Waals surface area contributed by atoms with Crippen LogP contribution in [0.25, 0.3) is 0 Å². The number of guanidine groups is 1. The first-order valence-electron chi connectivity index (χ1n) is 8.89. The fourth-order valence-corrected chi connectivity index (χ4v) is 2.89. The van der Waals surface area contributed by atoms with Crippen LogP contribution in [0.4, 0.5) is 0 Å². The smallest absolute Gasteiger partial charge is 0.251 e. The van der Waals surface area contributed by atoms with Gasteiger partial charge >= 0.3 is 0 Å². The van der Waals surface area contributed by atoms with Crippen molar-refractivity contribution in [2.45, 2.75) is 26.3 Å². The summed E-state index contributed by atoms with van der Waals surface area (Å²) in [5, 5.41) is 9.41. The second kappa shape index (κ2) is 11.6. The predicted molar refractivity (Wildman–Crippen MR) is 123 cm³/mol. The van der Waals surface area contributed by atoms with Gasteiger partial charge in [0.05, 0.1) is 6.04 Å². The van der Waals surface area contributed by atoms with E-state index in [0.717, 1.165) is 24.5 Å². The molecule has 0 aliphatic carbocycles. The monoisotopic (exact) mass is 480 g/mol. The van der Waals surface area contributed by atoms with Crippen LogP contribution in [-0.2, 0) is 6.42 Å². The van der Waals surface area contributed by atoms with Crippen molar-refractivity contribution in [3.8, 4) is 0 Å². The molecule has 0 aromatic heterocycles. The Morgan fingerprint density at radius 1 is 1.15 bits per heavy atom. The molecular weight excluding hydrogens is 451 g/mol. The molecule has 2 aromatic rings. The zero-order chi connectivity index (χ0) is 18.9. The summed E-state index contributed by atoms with van der Waals surface area (Å²) in [5.41, 5.74) is 4.31. The van der Waals surface area contributed by atoms with Gasteiger partial charge in [-0.05, 0) is 49.1 Å². The molecule has 146 valence electrons. The van der Waals surface area contributed by atoms with Gasteiger partial charge in [-0.25, -0.2) is 0 Å². The van der Waals surface area contributed by atoms with Crippen LogP contribution in [-0.4, -0.2) is 32.5 Å². The standard InChI is InChI=1S/C21H28N4O.HI/c1-15-8-5-6-11-19(15)16(2)25-21(23-4)24-13-12-17-9-7-10-18(14-17)20(26)22-3;/h5-11,14,16H,12-13H2,1-4H3,(H,22,26)(H2,23,24,25);1H. The fraction of sp³-hybridized carbons (Fsp3) is 0.333. The highest BCUT2D eigenvalue weighted by Crippen LogP contribution is 2.16. The molecule has 0 heterocycles. The van der Waals surface area contributed by atoms with Crippen molar-refractivity contribution in [1.82, 2.24) is 16.0 Å². The minimum Gasteiger partial charge on any atom is -0.356 e. The van der Waals surface area contributed by atoms with E-state index in [4.69, 9.17) is 0 Å². The third-order valence-electron chi connectivity index (χ3n) is 4.35. The summed E-state index contributed by atoms with van der Waals surface area (Å²) in [6.45, 7) is 4.97. The number of hydrogen-bond acceptors (Lipinski definition) is 2. The van der Waals surface area contributed by atoms with Crippen molar-refractivity contribution < 1.29 is 4.79 Å². The normalized spacial score (nSPS) is 11.9. The Labute approximate surface area is 179 Å². The number of benzene rings is 2. The van der Waals surface area contributed by atoms with Crippen molar-refractivity contribution in [3.63, 3.8) is 0 Å². The van der Waals surface area contributed by atoms with Crippen molar-refractivity contribution in [1.29, 1.82) is 0 Å². The maximum absolute atomic E-state index is 11.7. The molecule has 0 bridgehead atoms. The Balaban J connectivity index is 0.00000364. The zero-order valence-electron chi connectivity index (χ0n) is 16.4. The van der Waals surface area contributed by atoms with E-state index in [0.29, 0.717) is 5.56 Å². The highest BCUT2D eigenvalue weighted by Gasteiger charge is 2.10. The molecule has 6 heteroatoms. The molecular formula is C21H29IN4O. The first-order valence-corrected chi connectivity index (χ1v) is 8.89. The minimum atomic E-state index is -0.0654. The molecule has 0 aliphatic rings. The van der Waals surface area contributed by atoms with Crippen LogP contribution in [0, 0.1) is 6.92 Å². The number of carbonyl (C=O) groups excluding carboxylic acids is 1. The molecule has 27 heavy (non-hydrogen) atoms. The summed E-state index contributed by atoms with van der Waals surface area (Å²) in [4.78, 5) is 16.0. The Kier molecular flexibility index (Phi) is 9.85. The molecule has 0 radical (unpaired) electrons. The lowest BCUT2D eigenvalue weighted by Crippen LogP contribution is -2.39. The molecule has 5 nitrogen and oxygen atoms in total. The number of aliphatic imine (C=N–C) groups is 1. The molecule has 0 fully saturated rings. The molecule has 1 amide bonds. The average Bonchev–Trinajstić information content (AvgIpc) is 2.67. The lowest BCUT2D eigenvalue weighted by molar-refractivity contribution is 0.0963. The molecule has 1 unspecified atom stereocenters. The van der Waals surface area contributed by atoms with E-state index in [1.807, 2.05) is 30.3 Å². The van der Waals surface area contributed by atoms with Crippen LogP contribution in [0.3, 0.4) is 0 Å². The number of amides is 1. The van der Waals surface area contributed by atoms with Gasteiger partial charge in [-0.15, -0.1) is 24.0 Å². The van der Waals surface area contributed by atoms with Gasteiger partial charge in [0.15, 0.2) is 5.96 Å². The van der Waals surface area contributed by atoms with Crippen LogP contribution >= 0.6 is 24.0 Å². The van der Waals surface area contributed by atoms with E-state index in [1.165, 1.54) is 11.1 Å². The van der Waals surface area contributed by atoms with E-state index in [-0.39, 0.29) is 35.9 Å². The molecule has 2 aromatic carbocycles. The molecule has 3 N–H and O–H groups in total. The number of nitrogens with one attached hydrogen (secondary N) is 3. The van der Waals surface area contributed by atoms with E-state index in [2.05, 4.69) is 53.0 Å². The largest absolute Gasteiger partial charge is 0.356 e. The first-order chi connectivity index (χ1) is 12.5. The second-order valence-corrected chi connectivity index (χ2v) is 6.25. The third kappa shape index (κ3) is 6.86. The molecule has 0 spiro atoms. The highest BCUT2D eigenvalue weighted by atomic mass is 127. The van der Waals surface area contributed by atoms with E-state index >= 15 is 0 Å². The first kappa shape index (κ1) is 23.0. The van der Waals surface area contributed by atoms with Gasteiger partial charge in [-0.2, -0.15) is 0 Å². The maximum Gasteiger partial charge on any atom is 0.251 e. The summed E-state index contributed by atoms with van der Waals surface area (Å²) in [7, 11) is 3.41. The number of nitrogens with zero attached hydrogens (tertiary/aromatic N) is 1. The van der Waals surface area contributed by atoms with E-state index in [9.17, 15) is 4.79 Å². The Morgan fingerprint density at radius 3 is 2.56 bits per heavy atom. The summed E-state index contributed by atoms with van der Waals surface area (Å²) < 4.78 is 0. The van der Waals surface area contributed by atoms with Crippen LogP contribution in [0.15, 0.2) is 53.5 Å². The van der Waals surface area contributed by atoms with Crippen molar-refractivity contribution in [2.75, 3.05) is 20.6 Å². The Hall–Kier alpha value is -2.09. The third-order valence-corrected chi connectivity index (χ3v) is 4.35. The molecule has 0 saturated heterocycles. The highest BCUT2D eigenvalue weighted by molar-refractivity contribution is 14.0. The van der Waals surface area contributed by atoms with Crippen LogP contribution in [0.1, 0.15) is 40.0 Å². The van der Waals surface area contributed by atoms with Crippen LogP contribution < -0.4 is 16.0 Å². The van der Waals surface area contributed by atoms with Gasteiger partial charge < -0.3 is 16.0 Å². The van der Waals surface area contributed by atoms with Crippen molar-refractivity contribution in [2.24, 2.45) is 4.99 Å². The molecule has 0 aliphatic heterocycles. The number of aryl methyl sites for hydroxylation is 1. The van der Waals surface area contributed by atoms with Gasteiger partial charge in [-0.3, -0.25) is 9.79 Å². The summed E-state index contributed by atoms with van der Waals surface area (Å²) in [5.74, 6) is 0.701. The fourth-order valence-electron chi connectivity index (χ4n) is 2.89. The van der Waals surface area contributed by atoms with Gasteiger partial charge in [0.25, 0.3) is 5.91 Å². The molecule has 2 rings (SSSR count). The van der Waals surface area contributed by atoms with Gasteiger partial charge in [0.2, 0.25) is 0 Å². The topological polar surface area (TPSA) is 65.5 Å². The van der Waals surface area contributed by atoms with Crippen molar-refractivity contribution in [3.05, 3.63) is 70.8 Å². The zero-order valence-corrected chi connectivity index (χ0v) is 18.7. The summed E-state index contributed by atoms with van der Waals surface area (Å²) in [6, 6.07) is 16.2. The van der Waals surface area contributed by atoms with Crippen LogP contribution in [0.2, 0.25) is 0 Å². The number of rotatable bonds is 6. The Bertz CT molecular complexity index is 776. The summed E-state index contributed by atoms with van der Waals surface area (Å²) in [6.07, 6.45) is 0.810. The number of carbonyl (C=O) groups is 1. The SMILES string of the molecule is CN=C(NCCc1cccc(C(=O)NC)c1)NC(C)c1ccccc1C.I. The second-order valence-electron chi connectivity index (χ2n) is 6.25. The molecule has 0 saturated carbocycles. The maximum atomic E-state index is 11.7. The summed E-state index contributed by atoms with van der Waals surface area (Å²) >= 11 is 0. The lowest BCUT2D eigenvalue weighted by atomic mass is 10.0. The number of hydrogen-bond donors (Lipinski definition) is 3. The molecule has 1 atom stereocenters. The van der Waals surface area contributed by atoms with Gasteiger partial charge in [0.1, 0.15) is 0 Å². The van der Waals surface area contributed by atoms with Crippen LogP contribution in [0.5, 0.6) is 0 Å². The van der Waals surface area contributed by atoms with Gasteiger partial charge in [0, 0.05) is 26.2 Å². The number of halogens is 1. The lowest BCUT2D eigenvalue weighted by Gasteiger charge is -2.20. The predicted octanol–water partition coefficient (Wildman–Crippen LogP) is 3.44. The van der Waals surface area contributed by atoms with E-state index < -0.39 is 0 Å². The van der Waals surface area contributed by atoms with Gasteiger partial charge in [-0.1, -0.05) is 36.4 Å². The van der Waals surface area contributed by atoms with E-state index in [1.54, 1.807) is 14.1 Å². The minimum absolute atomic E-state index is 0. The Morgan fingerprint density at radius 2 is 1.89 bits per heavy atom. The quantitative estimate of drug-likeness (QED) is 0.337. The average molecular weight is 480 g/mol.